The maximum Gasteiger partial charge on any atom is 0.169 e. The van der Waals surface area contributed by atoms with Gasteiger partial charge in [0.25, 0.3) is 0 Å². The minimum Gasteiger partial charge on any atom is -0.404 e. The van der Waals surface area contributed by atoms with E-state index in [1.54, 1.807) is 18.3 Å². The molecule has 4 rings (SSSR count). The first-order valence-electron chi connectivity index (χ1n) is 8.93. The molecule has 1 saturated heterocycles. The zero-order valence-corrected chi connectivity index (χ0v) is 14.6. The molecule has 0 unspecified atom stereocenters. The molecule has 0 aromatic heterocycles. The van der Waals surface area contributed by atoms with Gasteiger partial charge in [-0.2, -0.15) is 0 Å². The molecule has 1 heterocycles. The van der Waals surface area contributed by atoms with E-state index in [2.05, 4.69) is 4.99 Å². The van der Waals surface area contributed by atoms with Gasteiger partial charge in [-0.25, -0.2) is 9.38 Å². The molecular formula is C20H23FN2O3. The van der Waals surface area contributed by atoms with Crippen molar-refractivity contribution < 1.29 is 19.0 Å². The fraction of sp³-hybridized carbons (Fsp3) is 0.450. The number of allylic oxidation sites excluding steroid dienone is 2. The van der Waals surface area contributed by atoms with E-state index in [9.17, 15) is 9.50 Å². The summed E-state index contributed by atoms with van der Waals surface area (Å²) in [5.74, 6) is -0.884. The van der Waals surface area contributed by atoms with Gasteiger partial charge in [0, 0.05) is 18.3 Å². The summed E-state index contributed by atoms with van der Waals surface area (Å²) in [7, 11) is 0. The third-order valence-corrected chi connectivity index (χ3v) is 5.63. The number of fused-ring (bicyclic) bond motifs is 1. The Balaban J connectivity index is 1.71. The predicted molar refractivity (Wildman–Crippen MR) is 96.5 cm³/mol. The van der Waals surface area contributed by atoms with Gasteiger partial charge in [0.15, 0.2) is 5.79 Å². The molecule has 138 valence electrons. The number of aliphatic hydroxyl groups is 1. The SMILES string of the molecule is NC=C1C[C@]2(CO)CC3(CCC2=CC1=Nc1ccc(F)cc1)OCCO3. The Kier molecular flexibility index (Phi) is 4.42. The average Bonchev–Trinajstić information content (AvgIpc) is 3.11. The van der Waals surface area contributed by atoms with Gasteiger partial charge in [-0.3, -0.25) is 0 Å². The summed E-state index contributed by atoms with van der Waals surface area (Å²) < 4.78 is 24.9. The van der Waals surface area contributed by atoms with Crippen LogP contribution in [0.2, 0.25) is 0 Å². The lowest BCUT2D eigenvalue weighted by Crippen LogP contribution is -2.47. The maximum atomic E-state index is 13.1. The van der Waals surface area contributed by atoms with Crippen molar-refractivity contribution in [2.24, 2.45) is 16.1 Å². The Morgan fingerprint density at radius 1 is 1.23 bits per heavy atom. The zero-order chi connectivity index (χ0) is 18.2. The second kappa shape index (κ2) is 6.61. The highest BCUT2D eigenvalue weighted by molar-refractivity contribution is 6.11. The molecule has 0 radical (unpaired) electrons. The van der Waals surface area contributed by atoms with Gasteiger partial charge in [0.1, 0.15) is 5.82 Å². The summed E-state index contributed by atoms with van der Waals surface area (Å²) >= 11 is 0. The topological polar surface area (TPSA) is 77.1 Å². The van der Waals surface area contributed by atoms with Crippen LogP contribution in [0.3, 0.4) is 0 Å². The Bertz CT molecular complexity index is 779. The summed E-state index contributed by atoms with van der Waals surface area (Å²) in [6.45, 7) is 1.20. The van der Waals surface area contributed by atoms with Crippen LogP contribution in [-0.2, 0) is 9.47 Å². The number of hydrogen-bond donors (Lipinski definition) is 2. The molecule has 2 aliphatic carbocycles. The first-order valence-corrected chi connectivity index (χ1v) is 8.93. The lowest BCUT2D eigenvalue weighted by atomic mass is 9.62. The zero-order valence-electron chi connectivity index (χ0n) is 14.6. The first-order chi connectivity index (χ1) is 12.6. The molecular weight excluding hydrogens is 335 g/mol. The van der Waals surface area contributed by atoms with Crippen LogP contribution in [0, 0.1) is 11.2 Å². The molecule has 1 aromatic rings. The van der Waals surface area contributed by atoms with Gasteiger partial charge in [-0.1, -0.05) is 5.57 Å². The van der Waals surface area contributed by atoms with Crippen molar-refractivity contribution in [1.82, 2.24) is 0 Å². The molecule has 6 heteroatoms. The summed E-state index contributed by atoms with van der Waals surface area (Å²) in [4.78, 5) is 4.64. The minimum atomic E-state index is -0.592. The van der Waals surface area contributed by atoms with Crippen molar-refractivity contribution in [3.8, 4) is 0 Å². The van der Waals surface area contributed by atoms with E-state index in [1.165, 1.54) is 12.1 Å². The number of nitrogens with zero attached hydrogens (tertiary/aromatic N) is 1. The molecule has 1 aromatic carbocycles. The fourth-order valence-corrected chi connectivity index (χ4v) is 4.28. The number of benzene rings is 1. The Hall–Kier alpha value is -2.02. The van der Waals surface area contributed by atoms with E-state index in [0.29, 0.717) is 31.7 Å². The Morgan fingerprint density at radius 2 is 1.96 bits per heavy atom. The van der Waals surface area contributed by atoms with Crippen LogP contribution in [0.5, 0.6) is 0 Å². The van der Waals surface area contributed by atoms with Crippen LogP contribution >= 0.6 is 0 Å². The smallest absolute Gasteiger partial charge is 0.169 e. The van der Waals surface area contributed by atoms with E-state index in [-0.39, 0.29) is 12.4 Å². The van der Waals surface area contributed by atoms with Crippen molar-refractivity contribution >= 4 is 11.4 Å². The molecule has 1 saturated carbocycles. The van der Waals surface area contributed by atoms with Gasteiger partial charge >= 0.3 is 0 Å². The second-order valence-electron chi connectivity index (χ2n) is 7.23. The largest absolute Gasteiger partial charge is 0.404 e. The minimum absolute atomic E-state index is 0.00840. The number of aliphatic hydroxyl groups excluding tert-OH is 1. The molecule has 0 amide bonds. The Morgan fingerprint density at radius 3 is 2.62 bits per heavy atom. The van der Waals surface area contributed by atoms with Crippen molar-refractivity contribution in [1.29, 1.82) is 0 Å². The quantitative estimate of drug-likeness (QED) is 0.852. The number of rotatable bonds is 2. The molecule has 2 fully saturated rings. The number of halogens is 1. The van der Waals surface area contributed by atoms with E-state index in [0.717, 1.165) is 29.7 Å². The van der Waals surface area contributed by atoms with Crippen LogP contribution in [-0.4, -0.2) is 36.4 Å². The Labute approximate surface area is 152 Å². The van der Waals surface area contributed by atoms with Gasteiger partial charge in [-0.15, -0.1) is 0 Å². The highest BCUT2D eigenvalue weighted by atomic mass is 19.1. The van der Waals surface area contributed by atoms with Crippen molar-refractivity contribution in [3.05, 3.63) is 53.5 Å². The number of nitrogens with two attached hydrogens (primary N) is 1. The predicted octanol–water partition coefficient (Wildman–Crippen LogP) is 2.98. The van der Waals surface area contributed by atoms with Crippen LogP contribution in [0.1, 0.15) is 25.7 Å². The molecule has 5 nitrogen and oxygen atoms in total. The van der Waals surface area contributed by atoms with E-state index < -0.39 is 11.2 Å². The molecule has 26 heavy (non-hydrogen) atoms. The van der Waals surface area contributed by atoms with Crippen LogP contribution in [0.15, 0.2) is 52.7 Å². The monoisotopic (exact) mass is 358 g/mol. The number of aliphatic imine (C=N–C) groups is 1. The third kappa shape index (κ3) is 2.98. The third-order valence-electron chi connectivity index (χ3n) is 5.63. The normalized spacial score (nSPS) is 30.6. The van der Waals surface area contributed by atoms with Crippen molar-refractivity contribution in [2.45, 2.75) is 31.5 Å². The van der Waals surface area contributed by atoms with E-state index >= 15 is 0 Å². The number of ether oxygens (including phenoxy) is 2. The van der Waals surface area contributed by atoms with E-state index in [1.807, 2.05) is 6.08 Å². The lowest BCUT2D eigenvalue weighted by molar-refractivity contribution is -0.195. The average molecular weight is 358 g/mol. The highest BCUT2D eigenvalue weighted by Gasteiger charge is 2.52. The molecule has 1 atom stereocenters. The molecule has 3 N–H and O–H groups in total. The summed E-state index contributed by atoms with van der Waals surface area (Å²) in [5, 5.41) is 10.2. The first kappa shape index (κ1) is 17.4. The molecule has 1 spiro atoms. The van der Waals surface area contributed by atoms with Crippen molar-refractivity contribution in [2.75, 3.05) is 19.8 Å². The second-order valence-corrected chi connectivity index (χ2v) is 7.23. The fourth-order valence-electron chi connectivity index (χ4n) is 4.28. The molecule has 0 bridgehead atoms. The summed E-state index contributed by atoms with van der Waals surface area (Å²) in [5.41, 5.74) is 8.89. The lowest BCUT2D eigenvalue weighted by Gasteiger charge is -2.48. The molecule has 3 aliphatic rings. The van der Waals surface area contributed by atoms with Gasteiger partial charge in [0.05, 0.1) is 31.2 Å². The van der Waals surface area contributed by atoms with Crippen LogP contribution < -0.4 is 5.73 Å². The summed E-state index contributed by atoms with van der Waals surface area (Å²) in [6.07, 6.45) is 6.31. The van der Waals surface area contributed by atoms with Gasteiger partial charge < -0.3 is 20.3 Å². The van der Waals surface area contributed by atoms with Gasteiger partial charge in [0.2, 0.25) is 0 Å². The highest BCUT2D eigenvalue weighted by Crippen LogP contribution is 2.53. The standard InChI is InChI=1S/C20H23FN2O3/c21-16-1-3-17(4-2-16)23-18-9-15-5-6-20(25-7-8-26-20)12-19(15,13-24)10-14(18)11-22/h1-4,9,11,24H,5-8,10,12-13,22H2/t19-/m1/s1. The summed E-state index contributed by atoms with van der Waals surface area (Å²) in [6, 6.07) is 6.05. The molecule has 1 aliphatic heterocycles. The van der Waals surface area contributed by atoms with E-state index in [4.69, 9.17) is 15.2 Å². The van der Waals surface area contributed by atoms with Gasteiger partial charge in [-0.05, 0) is 55.0 Å². The van der Waals surface area contributed by atoms with Crippen LogP contribution in [0.25, 0.3) is 0 Å². The number of hydrogen-bond acceptors (Lipinski definition) is 5. The maximum absolute atomic E-state index is 13.1. The van der Waals surface area contributed by atoms with Crippen molar-refractivity contribution in [3.63, 3.8) is 0 Å². The van der Waals surface area contributed by atoms with Crippen LogP contribution in [0.4, 0.5) is 10.1 Å².